The molecule has 100 valence electrons. The average molecular weight is 270 g/mol. The lowest BCUT2D eigenvalue weighted by Gasteiger charge is -2.23. The molecule has 0 unspecified atom stereocenters. The fourth-order valence-corrected chi connectivity index (χ4v) is 3.48. The monoisotopic (exact) mass is 270 g/mol. The van der Waals surface area contributed by atoms with E-state index in [2.05, 4.69) is 0 Å². The molecule has 1 saturated heterocycles. The summed E-state index contributed by atoms with van der Waals surface area (Å²) < 4.78 is 27.3. The molecule has 1 aromatic rings. The second-order valence-corrected chi connectivity index (χ2v) is 6.57. The molecule has 1 N–H and O–H groups in total. The second-order valence-electron chi connectivity index (χ2n) is 4.54. The van der Waals surface area contributed by atoms with E-state index in [-0.39, 0.29) is 5.75 Å². The number of benzene rings is 1. The van der Waals surface area contributed by atoms with Gasteiger partial charge in [0.1, 0.15) is 5.75 Å². The van der Waals surface area contributed by atoms with E-state index >= 15 is 0 Å². The van der Waals surface area contributed by atoms with E-state index in [0.29, 0.717) is 19.6 Å². The van der Waals surface area contributed by atoms with E-state index in [0.717, 1.165) is 18.4 Å². The molecule has 2 rings (SSSR count). The maximum absolute atomic E-state index is 12.2. The standard InChI is InChI=1S/C12H18N2O3S/c1-13(10-11-4-6-12(15)7-5-11)18(16,17)14-8-2-3-9-14/h4-7,15H,2-3,8-10H2,1H3. The summed E-state index contributed by atoms with van der Waals surface area (Å²) in [5, 5.41) is 9.18. The minimum atomic E-state index is -3.34. The smallest absolute Gasteiger partial charge is 0.282 e. The molecule has 0 radical (unpaired) electrons. The fraction of sp³-hybridized carbons (Fsp3) is 0.500. The van der Waals surface area contributed by atoms with E-state index in [1.165, 1.54) is 8.61 Å². The van der Waals surface area contributed by atoms with Crippen LogP contribution in [0.3, 0.4) is 0 Å². The summed E-state index contributed by atoms with van der Waals surface area (Å²) in [6.45, 7) is 1.55. The number of hydrogen-bond donors (Lipinski definition) is 1. The number of phenolic OH excluding ortho intramolecular Hbond substituents is 1. The zero-order chi connectivity index (χ0) is 13.2. The van der Waals surface area contributed by atoms with Crippen molar-refractivity contribution < 1.29 is 13.5 Å². The highest BCUT2D eigenvalue weighted by Gasteiger charge is 2.29. The maximum atomic E-state index is 12.2. The molecular weight excluding hydrogens is 252 g/mol. The van der Waals surface area contributed by atoms with Crippen molar-refractivity contribution in [3.63, 3.8) is 0 Å². The van der Waals surface area contributed by atoms with E-state index in [1.807, 2.05) is 0 Å². The normalized spacial score (nSPS) is 17.4. The minimum Gasteiger partial charge on any atom is -0.508 e. The maximum Gasteiger partial charge on any atom is 0.282 e. The molecule has 0 atom stereocenters. The van der Waals surface area contributed by atoms with E-state index in [1.54, 1.807) is 31.3 Å². The zero-order valence-corrected chi connectivity index (χ0v) is 11.2. The van der Waals surface area contributed by atoms with Crippen LogP contribution in [0, 0.1) is 0 Å². The first-order chi connectivity index (χ1) is 8.50. The van der Waals surface area contributed by atoms with Crippen LogP contribution in [-0.4, -0.2) is 42.3 Å². The molecular formula is C12H18N2O3S. The van der Waals surface area contributed by atoms with Gasteiger partial charge in [0.25, 0.3) is 10.2 Å². The van der Waals surface area contributed by atoms with Crippen LogP contribution in [0.2, 0.25) is 0 Å². The van der Waals surface area contributed by atoms with Crippen LogP contribution in [0.15, 0.2) is 24.3 Å². The van der Waals surface area contributed by atoms with Crippen LogP contribution in [0.25, 0.3) is 0 Å². The highest BCUT2D eigenvalue weighted by atomic mass is 32.2. The number of aromatic hydroxyl groups is 1. The van der Waals surface area contributed by atoms with Gasteiger partial charge < -0.3 is 5.11 Å². The van der Waals surface area contributed by atoms with Crippen LogP contribution in [0.4, 0.5) is 0 Å². The third-order valence-corrected chi connectivity index (χ3v) is 5.06. The van der Waals surface area contributed by atoms with Crippen molar-refractivity contribution in [3.05, 3.63) is 29.8 Å². The average Bonchev–Trinajstić information content (AvgIpc) is 2.86. The molecule has 18 heavy (non-hydrogen) atoms. The van der Waals surface area contributed by atoms with Gasteiger partial charge in [0.05, 0.1) is 0 Å². The molecule has 1 fully saturated rings. The summed E-state index contributed by atoms with van der Waals surface area (Å²) in [5.41, 5.74) is 0.859. The Labute approximate surface area is 108 Å². The van der Waals surface area contributed by atoms with Crippen molar-refractivity contribution in [2.45, 2.75) is 19.4 Å². The second kappa shape index (κ2) is 5.26. The Balaban J connectivity index is 2.06. The molecule has 1 aliphatic rings. The van der Waals surface area contributed by atoms with Gasteiger partial charge in [-0.25, -0.2) is 0 Å². The molecule has 1 aliphatic heterocycles. The van der Waals surface area contributed by atoms with Gasteiger partial charge in [-0.15, -0.1) is 0 Å². The van der Waals surface area contributed by atoms with Crippen molar-refractivity contribution in [2.24, 2.45) is 0 Å². The Bertz CT molecular complexity index is 493. The lowest BCUT2D eigenvalue weighted by Crippen LogP contribution is -2.39. The van der Waals surface area contributed by atoms with Gasteiger partial charge in [0.2, 0.25) is 0 Å². The van der Waals surface area contributed by atoms with E-state index in [9.17, 15) is 13.5 Å². The van der Waals surface area contributed by atoms with Crippen LogP contribution in [0.1, 0.15) is 18.4 Å². The minimum absolute atomic E-state index is 0.184. The molecule has 0 spiro atoms. The van der Waals surface area contributed by atoms with Gasteiger partial charge in [-0.3, -0.25) is 0 Å². The molecule has 0 aliphatic carbocycles. The molecule has 6 heteroatoms. The topological polar surface area (TPSA) is 60.9 Å². The molecule has 0 saturated carbocycles. The van der Waals surface area contributed by atoms with Crippen molar-refractivity contribution in [1.29, 1.82) is 0 Å². The molecule has 0 aromatic heterocycles. The molecule has 0 amide bonds. The quantitative estimate of drug-likeness (QED) is 0.893. The Morgan fingerprint density at radius 2 is 1.78 bits per heavy atom. The van der Waals surface area contributed by atoms with Crippen molar-refractivity contribution in [1.82, 2.24) is 8.61 Å². The lowest BCUT2D eigenvalue weighted by atomic mass is 10.2. The van der Waals surface area contributed by atoms with Crippen molar-refractivity contribution >= 4 is 10.2 Å². The lowest BCUT2D eigenvalue weighted by molar-refractivity contribution is 0.391. The predicted octanol–water partition coefficient (Wildman–Crippen LogP) is 1.16. The first-order valence-corrected chi connectivity index (χ1v) is 7.39. The summed E-state index contributed by atoms with van der Waals surface area (Å²) in [7, 11) is -1.76. The van der Waals surface area contributed by atoms with Gasteiger partial charge in [-0.1, -0.05) is 12.1 Å². The summed E-state index contributed by atoms with van der Waals surface area (Å²) in [5.74, 6) is 0.184. The number of rotatable bonds is 4. The van der Waals surface area contributed by atoms with Crippen LogP contribution < -0.4 is 0 Å². The van der Waals surface area contributed by atoms with E-state index < -0.39 is 10.2 Å². The predicted molar refractivity (Wildman–Crippen MR) is 69.3 cm³/mol. The first-order valence-electron chi connectivity index (χ1n) is 5.99. The number of hydrogen-bond acceptors (Lipinski definition) is 3. The third-order valence-electron chi connectivity index (χ3n) is 3.13. The molecule has 1 heterocycles. The Morgan fingerprint density at radius 1 is 1.22 bits per heavy atom. The Hall–Kier alpha value is -1.11. The number of nitrogens with zero attached hydrogens (tertiary/aromatic N) is 2. The molecule has 0 bridgehead atoms. The van der Waals surface area contributed by atoms with Crippen molar-refractivity contribution in [2.75, 3.05) is 20.1 Å². The summed E-state index contributed by atoms with van der Waals surface area (Å²) in [6.07, 6.45) is 1.87. The summed E-state index contributed by atoms with van der Waals surface area (Å²) >= 11 is 0. The van der Waals surface area contributed by atoms with Gasteiger partial charge in [-0.05, 0) is 30.5 Å². The Morgan fingerprint density at radius 3 is 2.33 bits per heavy atom. The highest BCUT2D eigenvalue weighted by Crippen LogP contribution is 2.18. The van der Waals surface area contributed by atoms with Crippen LogP contribution in [0.5, 0.6) is 5.75 Å². The number of phenols is 1. The summed E-state index contributed by atoms with van der Waals surface area (Å²) in [4.78, 5) is 0. The van der Waals surface area contributed by atoms with Gasteiger partial charge >= 0.3 is 0 Å². The van der Waals surface area contributed by atoms with Crippen LogP contribution >= 0.6 is 0 Å². The largest absolute Gasteiger partial charge is 0.508 e. The SMILES string of the molecule is CN(Cc1ccc(O)cc1)S(=O)(=O)N1CCCC1. The Kier molecular flexibility index (Phi) is 3.89. The highest BCUT2D eigenvalue weighted by molar-refractivity contribution is 7.86. The van der Waals surface area contributed by atoms with Crippen LogP contribution in [-0.2, 0) is 16.8 Å². The third kappa shape index (κ3) is 2.82. The van der Waals surface area contributed by atoms with E-state index in [4.69, 9.17) is 0 Å². The fourth-order valence-electron chi connectivity index (χ4n) is 2.06. The van der Waals surface area contributed by atoms with Gasteiger partial charge in [-0.2, -0.15) is 17.0 Å². The van der Waals surface area contributed by atoms with Gasteiger partial charge in [0, 0.05) is 26.7 Å². The molecule has 5 nitrogen and oxygen atoms in total. The first kappa shape index (κ1) is 13.3. The van der Waals surface area contributed by atoms with Crippen molar-refractivity contribution in [3.8, 4) is 5.75 Å². The summed E-state index contributed by atoms with van der Waals surface area (Å²) in [6, 6.07) is 6.58. The zero-order valence-electron chi connectivity index (χ0n) is 10.4. The van der Waals surface area contributed by atoms with Gasteiger partial charge in [0.15, 0.2) is 0 Å². The molecule has 1 aromatic carbocycles.